The van der Waals surface area contributed by atoms with Crippen LogP contribution in [0.5, 0.6) is 0 Å². The molecule has 1 aliphatic rings. The first-order valence-corrected chi connectivity index (χ1v) is 6.44. The highest BCUT2D eigenvalue weighted by Crippen LogP contribution is 2.26. The van der Waals surface area contributed by atoms with Crippen molar-refractivity contribution in [2.75, 3.05) is 7.05 Å². The molecule has 0 radical (unpaired) electrons. The van der Waals surface area contributed by atoms with Crippen LogP contribution < -0.4 is 0 Å². The molecule has 102 valence electrons. The van der Waals surface area contributed by atoms with Gasteiger partial charge in [0.25, 0.3) is 5.91 Å². The van der Waals surface area contributed by atoms with Crippen LogP contribution in [0.1, 0.15) is 21.7 Å². The van der Waals surface area contributed by atoms with E-state index in [1.54, 1.807) is 30.1 Å². The van der Waals surface area contributed by atoms with E-state index in [1.807, 2.05) is 0 Å². The highest BCUT2D eigenvalue weighted by Gasteiger charge is 2.25. The lowest BCUT2D eigenvalue weighted by molar-refractivity contribution is 0.0787. The van der Waals surface area contributed by atoms with Gasteiger partial charge in [0.2, 0.25) is 0 Å². The Hall–Kier alpha value is -2.14. The van der Waals surface area contributed by atoms with Gasteiger partial charge in [0, 0.05) is 12.6 Å². The first kappa shape index (κ1) is 12.9. The molecule has 1 aliphatic heterocycles. The summed E-state index contributed by atoms with van der Waals surface area (Å²) < 4.78 is 15.2. The van der Waals surface area contributed by atoms with Crippen molar-refractivity contribution in [3.05, 3.63) is 52.8 Å². The van der Waals surface area contributed by atoms with Crippen LogP contribution in [0.4, 0.5) is 4.39 Å². The topological polar surface area (TPSA) is 38.1 Å². The average Bonchev–Trinajstić information content (AvgIpc) is 2.77. The molecule has 2 heterocycles. The van der Waals surface area contributed by atoms with Crippen LogP contribution in [0.3, 0.4) is 0 Å². The van der Waals surface area contributed by atoms with Crippen LogP contribution in [0.2, 0.25) is 0 Å². The fourth-order valence-electron chi connectivity index (χ4n) is 2.34. The average molecular weight is 292 g/mol. The van der Waals surface area contributed by atoms with Crippen LogP contribution in [-0.2, 0) is 6.54 Å². The summed E-state index contributed by atoms with van der Waals surface area (Å²) in [5.74, 6) is -0.654. The molecular formula is C14H11ClFN3O. The van der Waals surface area contributed by atoms with Crippen molar-refractivity contribution in [3.8, 4) is 5.69 Å². The summed E-state index contributed by atoms with van der Waals surface area (Å²) in [5.41, 5.74) is 3.85. The third-order valence-corrected chi connectivity index (χ3v) is 3.43. The van der Waals surface area contributed by atoms with E-state index in [9.17, 15) is 9.18 Å². The summed E-state index contributed by atoms with van der Waals surface area (Å²) in [6.45, 7) is 0.381. The van der Waals surface area contributed by atoms with Crippen LogP contribution in [0.15, 0.2) is 30.1 Å². The van der Waals surface area contributed by atoms with Crippen LogP contribution in [0, 0.1) is 5.82 Å². The molecule has 0 saturated carbocycles. The van der Waals surface area contributed by atoms with Crippen LogP contribution in [0.25, 0.3) is 11.8 Å². The standard InChI is InChI=1S/C14H11ClFN3O/c1-18-7-13-11(4-5-15)17-8-19(13)12-3-2-9(16)6-10(12)14(18)20/h2-6,8H,7H2,1H3. The van der Waals surface area contributed by atoms with Crippen molar-refractivity contribution >= 4 is 23.6 Å². The molecule has 0 saturated heterocycles. The number of carbonyl (C=O) groups excluding carboxylic acids is 1. The molecule has 3 rings (SSSR count). The molecule has 0 unspecified atom stereocenters. The van der Waals surface area contributed by atoms with Crippen molar-refractivity contribution < 1.29 is 9.18 Å². The van der Waals surface area contributed by atoms with Gasteiger partial charge in [-0.3, -0.25) is 4.79 Å². The number of fused-ring (bicyclic) bond motifs is 3. The predicted molar refractivity (Wildman–Crippen MR) is 74.2 cm³/mol. The van der Waals surface area contributed by atoms with Gasteiger partial charge in [-0.15, -0.1) is 0 Å². The van der Waals surface area contributed by atoms with E-state index in [1.165, 1.54) is 22.6 Å². The number of carbonyl (C=O) groups is 1. The number of amides is 1. The zero-order valence-corrected chi connectivity index (χ0v) is 11.4. The maximum atomic E-state index is 13.4. The summed E-state index contributed by atoms with van der Waals surface area (Å²) in [6.07, 6.45) is 3.28. The fourth-order valence-corrected chi connectivity index (χ4v) is 2.46. The van der Waals surface area contributed by atoms with E-state index in [2.05, 4.69) is 4.98 Å². The highest BCUT2D eigenvalue weighted by molar-refractivity contribution is 6.27. The van der Waals surface area contributed by atoms with Crippen molar-refractivity contribution in [1.82, 2.24) is 14.5 Å². The van der Waals surface area contributed by atoms with E-state index < -0.39 is 5.82 Å². The lowest BCUT2D eigenvalue weighted by atomic mass is 10.1. The van der Waals surface area contributed by atoms with Crippen LogP contribution >= 0.6 is 11.6 Å². The lowest BCUT2D eigenvalue weighted by Crippen LogP contribution is -2.25. The first-order valence-electron chi connectivity index (χ1n) is 6.00. The number of hydrogen-bond donors (Lipinski definition) is 0. The van der Waals surface area contributed by atoms with Gasteiger partial charge in [0.15, 0.2) is 0 Å². The largest absolute Gasteiger partial charge is 0.336 e. The first-order chi connectivity index (χ1) is 9.61. The molecule has 0 atom stereocenters. The third kappa shape index (κ3) is 1.91. The molecule has 1 aromatic carbocycles. The number of aromatic nitrogens is 2. The summed E-state index contributed by atoms with van der Waals surface area (Å²) in [4.78, 5) is 18.1. The van der Waals surface area contributed by atoms with Crippen molar-refractivity contribution in [1.29, 1.82) is 0 Å². The maximum absolute atomic E-state index is 13.4. The quantitative estimate of drug-likeness (QED) is 0.810. The second-order valence-electron chi connectivity index (χ2n) is 4.56. The van der Waals surface area contributed by atoms with E-state index >= 15 is 0 Å². The van der Waals surface area contributed by atoms with Gasteiger partial charge in [-0.1, -0.05) is 11.6 Å². The number of rotatable bonds is 1. The number of halogens is 2. The van der Waals surface area contributed by atoms with Crippen molar-refractivity contribution in [3.63, 3.8) is 0 Å². The molecule has 0 fully saturated rings. The predicted octanol–water partition coefficient (Wildman–Crippen LogP) is 2.81. The summed E-state index contributed by atoms with van der Waals surface area (Å²) in [7, 11) is 1.67. The monoisotopic (exact) mass is 291 g/mol. The molecular weight excluding hydrogens is 281 g/mol. The van der Waals surface area contributed by atoms with Gasteiger partial charge >= 0.3 is 0 Å². The SMILES string of the molecule is CN1Cc2c(C=CCl)ncn2-c2ccc(F)cc2C1=O. The molecule has 2 aromatic rings. The summed E-state index contributed by atoms with van der Waals surface area (Å²) in [5, 5.41) is 0. The Balaban J connectivity index is 2.28. The lowest BCUT2D eigenvalue weighted by Gasteiger charge is -2.14. The van der Waals surface area contributed by atoms with Gasteiger partial charge in [0.05, 0.1) is 29.2 Å². The molecule has 20 heavy (non-hydrogen) atoms. The molecule has 0 spiro atoms. The smallest absolute Gasteiger partial charge is 0.256 e. The molecule has 0 bridgehead atoms. The number of imidazole rings is 1. The van der Waals surface area contributed by atoms with E-state index in [0.717, 1.165) is 5.69 Å². The Morgan fingerprint density at radius 3 is 3.00 bits per heavy atom. The Morgan fingerprint density at radius 1 is 1.45 bits per heavy atom. The number of nitrogens with zero attached hydrogens (tertiary/aromatic N) is 3. The summed E-state index contributed by atoms with van der Waals surface area (Å²) >= 11 is 5.60. The normalized spacial score (nSPS) is 14.3. The second-order valence-corrected chi connectivity index (χ2v) is 4.81. The molecule has 0 N–H and O–H groups in total. The number of hydrogen-bond acceptors (Lipinski definition) is 2. The zero-order valence-electron chi connectivity index (χ0n) is 10.7. The highest BCUT2D eigenvalue weighted by atomic mass is 35.5. The van der Waals surface area contributed by atoms with Crippen LogP contribution in [-0.4, -0.2) is 27.4 Å². The minimum Gasteiger partial charge on any atom is -0.336 e. The van der Waals surface area contributed by atoms with Gasteiger partial charge < -0.3 is 9.47 Å². The molecule has 1 aromatic heterocycles. The van der Waals surface area contributed by atoms with E-state index in [0.29, 0.717) is 23.5 Å². The molecule has 1 amide bonds. The van der Waals surface area contributed by atoms with Gasteiger partial charge in [0.1, 0.15) is 12.1 Å². The van der Waals surface area contributed by atoms with Crippen molar-refractivity contribution in [2.24, 2.45) is 0 Å². The van der Waals surface area contributed by atoms with Gasteiger partial charge in [-0.25, -0.2) is 9.37 Å². The van der Waals surface area contributed by atoms with Gasteiger partial charge in [-0.2, -0.15) is 0 Å². The molecule has 0 aliphatic carbocycles. The zero-order chi connectivity index (χ0) is 14.3. The minimum absolute atomic E-state index is 0.219. The summed E-state index contributed by atoms with van der Waals surface area (Å²) in [6, 6.07) is 4.17. The fraction of sp³-hybridized carbons (Fsp3) is 0.143. The Bertz CT molecular complexity index is 723. The minimum atomic E-state index is -0.435. The maximum Gasteiger partial charge on any atom is 0.256 e. The Labute approximate surface area is 120 Å². The van der Waals surface area contributed by atoms with E-state index in [-0.39, 0.29) is 5.91 Å². The second kappa shape index (κ2) is 4.76. The van der Waals surface area contributed by atoms with Crippen molar-refractivity contribution in [2.45, 2.75) is 6.54 Å². The number of benzene rings is 1. The molecule has 4 nitrogen and oxygen atoms in total. The Morgan fingerprint density at radius 2 is 2.25 bits per heavy atom. The Kier molecular flexibility index (Phi) is 3.06. The molecule has 6 heteroatoms. The van der Waals surface area contributed by atoms with Gasteiger partial charge in [-0.05, 0) is 24.3 Å². The third-order valence-electron chi connectivity index (χ3n) is 3.30. The van der Waals surface area contributed by atoms with E-state index in [4.69, 9.17) is 11.6 Å².